The van der Waals surface area contributed by atoms with Crippen LogP contribution in [0.3, 0.4) is 0 Å². The molecule has 3 aromatic rings. The summed E-state index contributed by atoms with van der Waals surface area (Å²) in [4.78, 5) is 36.7. The standard InChI is InChI=1S/C27H26ClN3O3/c1-3-29(4-2)20-14-10-18(11-15-20)24-23-25(34-31(24)22-8-6-5-7-9-22)27(33)30(26(23)32)21-16-12-19(28)13-17-21/h5-17,23-25H,3-4H2,1-2H3/t23-,24-,25-/m0/s1. The number of carbonyl (C=O) groups is 2. The highest BCUT2D eigenvalue weighted by Crippen LogP contribution is 2.47. The molecule has 0 aromatic heterocycles. The second-order valence-electron chi connectivity index (χ2n) is 8.41. The summed E-state index contributed by atoms with van der Waals surface area (Å²) < 4.78 is 0. The number of rotatable bonds is 6. The number of anilines is 3. The van der Waals surface area contributed by atoms with E-state index in [9.17, 15) is 9.59 Å². The topological polar surface area (TPSA) is 53.1 Å². The van der Waals surface area contributed by atoms with Crippen LogP contribution in [0.2, 0.25) is 5.02 Å². The molecule has 0 radical (unpaired) electrons. The van der Waals surface area contributed by atoms with E-state index < -0.39 is 18.1 Å². The summed E-state index contributed by atoms with van der Waals surface area (Å²) in [7, 11) is 0. The molecular formula is C27H26ClN3O3. The highest BCUT2D eigenvalue weighted by Gasteiger charge is 2.60. The summed E-state index contributed by atoms with van der Waals surface area (Å²) in [5, 5.41) is 2.26. The predicted molar refractivity (Wildman–Crippen MR) is 134 cm³/mol. The Balaban J connectivity index is 1.54. The Hall–Kier alpha value is -3.35. The molecule has 2 fully saturated rings. The molecule has 0 aliphatic carbocycles. The van der Waals surface area contributed by atoms with Gasteiger partial charge >= 0.3 is 0 Å². The summed E-state index contributed by atoms with van der Waals surface area (Å²) in [6.07, 6.45) is -0.893. The Morgan fingerprint density at radius 1 is 0.824 bits per heavy atom. The highest BCUT2D eigenvalue weighted by atomic mass is 35.5. The molecule has 34 heavy (non-hydrogen) atoms. The predicted octanol–water partition coefficient (Wildman–Crippen LogP) is 5.24. The van der Waals surface area contributed by atoms with Gasteiger partial charge in [-0.3, -0.25) is 14.4 Å². The Labute approximate surface area is 204 Å². The molecule has 2 amide bonds. The SMILES string of the molecule is CCN(CC)c1ccc([C@H]2[C@@H]3C(=O)N(c4ccc(Cl)cc4)C(=O)[C@H]3ON2c2ccccc2)cc1. The van der Waals surface area contributed by atoms with Gasteiger partial charge in [0, 0.05) is 23.8 Å². The minimum Gasteiger partial charge on any atom is -0.372 e. The van der Waals surface area contributed by atoms with E-state index in [2.05, 4.69) is 30.9 Å². The Morgan fingerprint density at radius 2 is 1.47 bits per heavy atom. The van der Waals surface area contributed by atoms with Gasteiger partial charge in [0.15, 0.2) is 6.10 Å². The number of hydroxylamine groups is 1. The van der Waals surface area contributed by atoms with Gasteiger partial charge < -0.3 is 4.90 Å². The third-order valence-corrected chi connectivity index (χ3v) is 6.83. The number of carbonyl (C=O) groups excluding carboxylic acids is 2. The van der Waals surface area contributed by atoms with Crippen LogP contribution in [0.15, 0.2) is 78.9 Å². The first-order valence-corrected chi connectivity index (χ1v) is 11.9. The molecule has 7 heteroatoms. The lowest BCUT2D eigenvalue weighted by molar-refractivity contribution is -0.126. The Bertz CT molecular complexity index is 1180. The van der Waals surface area contributed by atoms with Crippen molar-refractivity contribution >= 4 is 40.5 Å². The number of nitrogens with zero attached hydrogens (tertiary/aromatic N) is 3. The van der Waals surface area contributed by atoms with Crippen molar-refractivity contribution in [3.63, 3.8) is 0 Å². The molecule has 0 N–H and O–H groups in total. The van der Waals surface area contributed by atoms with Crippen LogP contribution in [-0.2, 0) is 14.4 Å². The maximum atomic E-state index is 13.7. The van der Waals surface area contributed by atoms with Gasteiger partial charge in [0.1, 0.15) is 5.92 Å². The minimum absolute atomic E-state index is 0.270. The fourth-order valence-electron chi connectivity index (χ4n) is 4.87. The van der Waals surface area contributed by atoms with Crippen LogP contribution in [0.25, 0.3) is 0 Å². The number of imide groups is 1. The maximum absolute atomic E-state index is 13.7. The first-order valence-electron chi connectivity index (χ1n) is 11.5. The largest absolute Gasteiger partial charge is 0.372 e. The van der Waals surface area contributed by atoms with E-state index in [0.717, 1.165) is 30.0 Å². The molecule has 0 bridgehead atoms. The molecule has 2 aliphatic rings. The zero-order chi connectivity index (χ0) is 23.8. The van der Waals surface area contributed by atoms with Gasteiger partial charge in [0.2, 0.25) is 5.91 Å². The number of para-hydroxylation sites is 1. The van der Waals surface area contributed by atoms with Crippen molar-refractivity contribution in [2.45, 2.75) is 26.0 Å². The van der Waals surface area contributed by atoms with Crippen molar-refractivity contribution in [1.29, 1.82) is 0 Å². The number of hydrogen-bond acceptors (Lipinski definition) is 5. The van der Waals surface area contributed by atoms with Crippen LogP contribution < -0.4 is 14.9 Å². The van der Waals surface area contributed by atoms with Crippen molar-refractivity contribution in [3.8, 4) is 0 Å². The van der Waals surface area contributed by atoms with E-state index in [1.54, 1.807) is 29.3 Å². The summed E-state index contributed by atoms with van der Waals surface area (Å²) in [6, 6.07) is 24.1. The van der Waals surface area contributed by atoms with E-state index in [0.29, 0.717) is 10.7 Å². The molecule has 0 unspecified atom stereocenters. The zero-order valence-corrected chi connectivity index (χ0v) is 19.9. The second kappa shape index (κ2) is 9.12. The van der Waals surface area contributed by atoms with Gasteiger partial charge in [-0.25, -0.2) is 9.96 Å². The van der Waals surface area contributed by atoms with E-state index in [-0.39, 0.29) is 11.8 Å². The van der Waals surface area contributed by atoms with E-state index in [1.807, 2.05) is 42.5 Å². The number of halogens is 1. The second-order valence-corrected chi connectivity index (χ2v) is 8.85. The summed E-state index contributed by atoms with van der Waals surface area (Å²) in [5.74, 6) is -1.29. The van der Waals surface area contributed by atoms with Gasteiger partial charge in [-0.2, -0.15) is 0 Å². The molecule has 174 valence electrons. The lowest BCUT2D eigenvalue weighted by Crippen LogP contribution is -2.37. The summed E-state index contributed by atoms with van der Waals surface area (Å²) in [6.45, 7) is 6.06. The van der Waals surface area contributed by atoms with Crippen molar-refractivity contribution in [1.82, 2.24) is 0 Å². The smallest absolute Gasteiger partial charge is 0.266 e. The molecule has 2 heterocycles. The summed E-state index contributed by atoms with van der Waals surface area (Å²) >= 11 is 6.01. The lowest BCUT2D eigenvalue weighted by Gasteiger charge is -2.29. The van der Waals surface area contributed by atoms with Gasteiger partial charge in [-0.1, -0.05) is 41.9 Å². The van der Waals surface area contributed by atoms with Crippen LogP contribution in [0, 0.1) is 5.92 Å². The van der Waals surface area contributed by atoms with E-state index in [4.69, 9.17) is 16.4 Å². The quantitative estimate of drug-likeness (QED) is 0.456. The Kier molecular flexibility index (Phi) is 6.02. The Morgan fingerprint density at radius 3 is 2.09 bits per heavy atom. The fraction of sp³-hybridized carbons (Fsp3) is 0.259. The normalized spacial score (nSPS) is 21.8. The monoisotopic (exact) mass is 475 g/mol. The number of amides is 2. The minimum atomic E-state index is -0.893. The first kappa shape index (κ1) is 22.4. The van der Waals surface area contributed by atoms with Crippen LogP contribution in [-0.4, -0.2) is 31.0 Å². The van der Waals surface area contributed by atoms with Crippen molar-refractivity contribution < 1.29 is 14.4 Å². The molecule has 0 saturated carbocycles. The maximum Gasteiger partial charge on any atom is 0.266 e. The molecule has 2 aliphatic heterocycles. The van der Waals surface area contributed by atoms with Crippen molar-refractivity contribution in [3.05, 3.63) is 89.4 Å². The number of fused-ring (bicyclic) bond motifs is 1. The fourth-order valence-corrected chi connectivity index (χ4v) is 4.99. The van der Waals surface area contributed by atoms with Gasteiger partial charge in [-0.15, -0.1) is 0 Å². The van der Waals surface area contributed by atoms with Crippen molar-refractivity contribution in [2.75, 3.05) is 28.0 Å². The molecule has 2 saturated heterocycles. The van der Waals surface area contributed by atoms with Crippen LogP contribution in [0.4, 0.5) is 17.1 Å². The number of benzene rings is 3. The average Bonchev–Trinajstić information content (AvgIpc) is 3.38. The zero-order valence-electron chi connectivity index (χ0n) is 19.1. The summed E-state index contributed by atoms with van der Waals surface area (Å²) in [5.41, 5.74) is 3.34. The third-order valence-electron chi connectivity index (χ3n) is 6.57. The molecular weight excluding hydrogens is 450 g/mol. The molecule has 5 rings (SSSR count). The molecule has 3 aromatic carbocycles. The number of hydrogen-bond donors (Lipinski definition) is 0. The average molecular weight is 476 g/mol. The van der Waals surface area contributed by atoms with Gasteiger partial charge in [0.05, 0.1) is 17.4 Å². The third kappa shape index (κ3) is 3.73. The van der Waals surface area contributed by atoms with Crippen LogP contribution in [0.1, 0.15) is 25.5 Å². The van der Waals surface area contributed by atoms with Gasteiger partial charge in [-0.05, 0) is 67.9 Å². The highest BCUT2D eigenvalue weighted by molar-refractivity contribution is 6.31. The first-order chi connectivity index (χ1) is 16.5. The molecule has 6 nitrogen and oxygen atoms in total. The molecule has 0 spiro atoms. The molecule has 3 atom stereocenters. The van der Waals surface area contributed by atoms with Crippen molar-refractivity contribution in [2.24, 2.45) is 5.92 Å². The van der Waals surface area contributed by atoms with Crippen LogP contribution >= 0.6 is 11.6 Å². The van der Waals surface area contributed by atoms with Crippen LogP contribution in [0.5, 0.6) is 0 Å². The van der Waals surface area contributed by atoms with E-state index >= 15 is 0 Å². The lowest BCUT2D eigenvalue weighted by atomic mass is 9.90. The van der Waals surface area contributed by atoms with Gasteiger partial charge in [0.25, 0.3) is 5.91 Å². The van der Waals surface area contributed by atoms with E-state index in [1.165, 1.54) is 4.90 Å².